The summed E-state index contributed by atoms with van der Waals surface area (Å²) in [7, 11) is 1.53. The number of aliphatic hydroxyl groups is 2. The van der Waals surface area contributed by atoms with Crippen LogP contribution in [0.4, 0.5) is 14.4 Å². The molecule has 364 valence electrons. The van der Waals surface area contributed by atoms with E-state index in [1.54, 1.807) is 6.92 Å². The molecule has 2 aromatic rings. The van der Waals surface area contributed by atoms with Gasteiger partial charge in [-0.25, -0.2) is 14.4 Å². The second-order valence-corrected chi connectivity index (χ2v) is 18.7. The number of hydrogen-bond donors (Lipinski definition) is 4. The lowest BCUT2D eigenvalue weighted by Crippen LogP contribution is -2.67. The van der Waals surface area contributed by atoms with Gasteiger partial charge >= 0.3 is 18.3 Å². The summed E-state index contributed by atoms with van der Waals surface area (Å²) in [6, 6.07) is 15.3. The number of nitrogens with zero attached hydrogens (tertiary/aromatic N) is 4. The molecule has 1 spiro atoms. The first-order valence-electron chi connectivity index (χ1n) is 23.3. The maximum atomic E-state index is 13.7. The fraction of sp³-hybridized carbons (Fsp3) is 0.674. The Morgan fingerprint density at radius 3 is 2.10 bits per heavy atom. The third kappa shape index (κ3) is 10.0. The highest BCUT2D eigenvalue weighted by atomic mass is 16.8. The van der Waals surface area contributed by atoms with Crippen molar-refractivity contribution >= 4 is 18.3 Å². The quantitative estimate of drug-likeness (QED) is 0.0988. The van der Waals surface area contributed by atoms with Gasteiger partial charge in [-0.2, -0.15) is 0 Å². The van der Waals surface area contributed by atoms with Crippen LogP contribution in [-0.4, -0.2) is 145 Å². The number of carbonyl (C=O) groups is 3. The summed E-state index contributed by atoms with van der Waals surface area (Å²) in [6.07, 6.45) is -8.15. The van der Waals surface area contributed by atoms with E-state index in [0.717, 1.165) is 30.4 Å². The Labute approximate surface area is 387 Å². The van der Waals surface area contributed by atoms with Crippen LogP contribution < -0.4 is 10.6 Å². The van der Waals surface area contributed by atoms with Crippen LogP contribution in [0.15, 0.2) is 65.8 Å². The van der Waals surface area contributed by atoms with Crippen molar-refractivity contribution in [1.82, 2.24) is 15.5 Å². The monoisotopic (exact) mass is 936 g/mol. The third-order valence-corrected chi connectivity index (χ3v) is 14.2. The number of ether oxygens (including phenoxy) is 10. The molecule has 5 aliphatic heterocycles. The van der Waals surface area contributed by atoms with E-state index in [9.17, 15) is 30.1 Å². The van der Waals surface area contributed by atoms with Gasteiger partial charge in [0.05, 0.1) is 36.9 Å². The van der Waals surface area contributed by atoms with Gasteiger partial charge in [0, 0.05) is 30.7 Å². The molecule has 2 saturated carbocycles. The number of amides is 3. The maximum absolute atomic E-state index is 13.7. The topological polar surface area (TPSA) is 260 Å². The first-order valence-corrected chi connectivity index (χ1v) is 23.3. The summed E-state index contributed by atoms with van der Waals surface area (Å²) in [6.45, 7) is 3.25. The fourth-order valence-corrected chi connectivity index (χ4v) is 10.7. The van der Waals surface area contributed by atoms with E-state index in [-0.39, 0.29) is 25.6 Å². The van der Waals surface area contributed by atoms with E-state index >= 15 is 0 Å². The van der Waals surface area contributed by atoms with Gasteiger partial charge in [-0.05, 0) is 48.3 Å². The molecule has 4 N–H and O–H groups in total. The van der Waals surface area contributed by atoms with E-state index in [4.69, 9.17) is 47.4 Å². The van der Waals surface area contributed by atoms with Crippen molar-refractivity contribution in [2.45, 2.75) is 170 Å². The number of hydrogen-bond acceptors (Lipinski definition) is 16. The Kier molecular flexibility index (Phi) is 14.4. The van der Waals surface area contributed by atoms with E-state index in [0.29, 0.717) is 19.3 Å². The molecular formula is C46H60N6O15. The number of benzene rings is 2. The number of azide groups is 1. The molecule has 7 fully saturated rings. The predicted octanol–water partition coefficient (Wildman–Crippen LogP) is 4.51. The maximum Gasteiger partial charge on any atom is 0.410 e. The molecule has 2 aromatic carbocycles. The van der Waals surface area contributed by atoms with Gasteiger partial charge in [-0.15, -0.1) is 0 Å². The first kappa shape index (κ1) is 47.3. The number of rotatable bonds is 12. The second kappa shape index (κ2) is 20.4. The molecule has 17 atom stereocenters. The van der Waals surface area contributed by atoms with Crippen LogP contribution in [0.1, 0.15) is 69.9 Å². The third-order valence-electron chi connectivity index (χ3n) is 14.2. The minimum absolute atomic E-state index is 0.0147. The minimum Gasteiger partial charge on any atom is -0.445 e. The Morgan fingerprint density at radius 1 is 0.821 bits per heavy atom. The van der Waals surface area contributed by atoms with Gasteiger partial charge in [-0.3, -0.25) is 4.90 Å². The largest absolute Gasteiger partial charge is 0.445 e. The molecule has 5 heterocycles. The highest BCUT2D eigenvalue weighted by Gasteiger charge is 2.62. The molecule has 7 aliphatic rings. The molecule has 67 heavy (non-hydrogen) atoms. The van der Waals surface area contributed by atoms with Gasteiger partial charge in [0.2, 0.25) is 0 Å². The molecule has 0 aromatic heterocycles. The number of aliphatic hydroxyl groups excluding tert-OH is 2. The van der Waals surface area contributed by atoms with Crippen LogP contribution in [0.5, 0.6) is 0 Å². The van der Waals surface area contributed by atoms with Gasteiger partial charge < -0.3 is 68.2 Å². The zero-order valence-electron chi connectivity index (χ0n) is 37.7. The average Bonchev–Trinajstić information content (AvgIpc) is 3.85. The highest BCUT2D eigenvalue weighted by Crippen LogP contribution is 2.48. The summed E-state index contributed by atoms with van der Waals surface area (Å²) in [5, 5.41) is 31.1. The second-order valence-electron chi connectivity index (χ2n) is 18.7. The number of carbonyl (C=O) groups excluding carboxylic acids is 3. The van der Waals surface area contributed by atoms with Crippen molar-refractivity contribution in [2.24, 2.45) is 17.0 Å². The molecular weight excluding hydrogens is 877 g/mol. The predicted molar refractivity (Wildman–Crippen MR) is 230 cm³/mol. The van der Waals surface area contributed by atoms with Crippen molar-refractivity contribution in [2.75, 3.05) is 13.7 Å². The lowest BCUT2D eigenvalue weighted by molar-refractivity contribution is -0.372. The van der Waals surface area contributed by atoms with E-state index < -0.39 is 128 Å². The van der Waals surface area contributed by atoms with Gasteiger partial charge in [0.1, 0.15) is 49.8 Å². The van der Waals surface area contributed by atoms with E-state index in [1.807, 2.05) is 67.6 Å². The molecule has 2 aliphatic carbocycles. The summed E-state index contributed by atoms with van der Waals surface area (Å²) in [4.78, 5) is 44.6. The van der Waals surface area contributed by atoms with Gasteiger partial charge in [0.25, 0.3) is 0 Å². The van der Waals surface area contributed by atoms with Crippen molar-refractivity contribution in [1.29, 1.82) is 0 Å². The van der Waals surface area contributed by atoms with E-state index in [1.165, 1.54) is 11.9 Å². The lowest BCUT2D eigenvalue weighted by atomic mass is 9.83. The summed E-state index contributed by atoms with van der Waals surface area (Å²) in [5.74, 6) is -1.84. The lowest BCUT2D eigenvalue weighted by Gasteiger charge is -2.51. The van der Waals surface area contributed by atoms with Crippen molar-refractivity contribution in [3.8, 4) is 0 Å². The minimum atomic E-state index is -1.42. The number of alkyl carbamates (subject to hydrolysis) is 2. The molecule has 0 bridgehead atoms. The SMILES string of the molecule is CC1C[C@@H]2OC(O[C@H]3OC(CO)[C@@H](C)[C@H](N=[N+]=[N-])C3O)C3C(OC(=O)N3C)C2O[C@@H]1O[C@@H]1C(NC(=O)OCc2ccccc2)C[C@@H](NC(=O)OCc2ccccc2)C2OC3(CCCCC3)O[C@H]21. The van der Waals surface area contributed by atoms with Gasteiger partial charge in [0.15, 0.2) is 30.8 Å². The summed E-state index contributed by atoms with van der Waals surface area (Å²) in [5.41, 5.74) is 10.8. The van der Waals surface area contributed by atoms with Crippen LogP contribution in [0.25, 0.3) is 10.4 Å². The number of likely N-dealkylation sites (N-methyl/N-ethyl adjacent to an activating group) is 1. The average molecular weight is 937 g/mol. The number of fused-ring (bicyclic) bond motifs is 4. The highest BCUT2D eigenvalue weighted by molar-refractivity contribution is 5.71. The zero-order valence-corrected chi connectivity index (χ0v) is 37.7. The fourth-order valence-electron chi connectivity index (χ4n) is 10.7. The van der Waals surface area contributed by atoms with Crippen LogP contribution in [-0.2, 0) is 60.6 Å². The van der Waals surface area contributed by atoms with Crippen LogP contribution in [0.2, 0.25) is 0 Å². The molecule has 5 saturated heterocycles. The number of nitrogens with one attached hydrogen (secondary N) is 2. The van der Waals surface area contributed by atoms with Crippen molar-refractivity contribution in [3.05, 3.63) is 82.2 Å². The molecule has 9 rings (SSSR count). The van der Waals surface area contributed by atoms with Gasteiger partial charge in [-0.1, -0.05) is 86.0 Å². The Balaban J connectivity index is 0.957. The normalized spacial score (nSPS) is 38.6. The molecule has 21 heteroatoms. The van der Waals surface area contributed by atoms with Crippen LogP contribution in [0, 0.1) is 11.8 Å². The Bertz CT molecular complexity index is 2080. The summed E-state index contributed by atoms with van der Waals surface area (Å²) < 4.78 is 63.6. The molecule has 0 radical (unpaired) electrons. The van der Waals surface area contributed by atoms with Crippen LogP contribution in [0.3, 0.4) is 0 Å². The zero-order chi connectivity index (χ0) is 46.8. The molecule has 21 nitrogen and oxygen atoms in total. The standard InChI is InChI=1S/C46H60N6O15/c1-24-19-30-37(38-33(52(3)45(57)64-38)41(60-30)65-42-34(54)32(50-51-47)25(2)31(21-53)61-42)63-40(24)62-35-28(48-43(55)58-22-26-13-7-4-8-14-26)20-29(49-44(56)59-23-27-15-9-5-10-16-27)36-39(35)67-46(66-36)17-11-6-12-18-46/h4-5,7-10,13-16,24-25,28-42,53-54H,6,11-12,17-23H2,1-3H3,(H,48,55)(H,49,56)/t24?,25-,28?,29-,30+,31?,32+,33?,34?,35-,36?,37?,38?,39+,40+,41?,42-/m1/s1. The first-order chi connectivity index (χ1) is 32.4. The Hall–Kier alpha value is -4.80. The van der Waals surface area contributed by atoms with Crippen molar-refractivity contribution < 1.29 is 72.0 Å². The van der Waals surface area contributed by atoms with Crippen molar-refractivity contribution in [3.63, 3.8) is 0 Å². The molecule has 3 amide bonds. The summed E-state index contributed by atoms with van der Waals surface area (Å²) >= 11 is 0. The smallest absolute Gasteiger partial charge is 0.410 e. The Morgan fingerprint density at radius 2 is 1.46 bits per heavy atom. The van der Waals surface area contributed by atoms with E-state index in [2.05, 4.69) is 20.7 Å². The molecule has 9 unspecified atom stereocenters. The van der Waals surface area contributed by atoms with Crippen LogP contribution >= 0.6 is 0 Å².